The molecule has 0 radical (unpaired) electrons. The van der Waals surface area contributed by atoms with Gasteiger partial charge in [-0.1, -0.05) is 224 Å². The van der Waals surface area contributed by atoms with Gasteiger partial charge >= 0.3 is 0 Å². The number of hydrogen-bond acceptors (Lipinski definition) is 4. The van der Waals surface area contributed by atoms with Crippen LogP contribution in [0.25, 0.3) is 42.4 Å². The van der Waals surface area contributed by atoms with Crippen LogP contribution in [0.4, 0.5) is 51.2 Å². The fraction of sp³-hybridized carbons (Fsp3) is 0. The lowest BCUT2D eigenvalue weighted by Gasteiger charge is -2.47. The molecule has 0 amide bonds. The van der Waals surface area contributed by atoms with Gasteiger partial charge < -0.3 is 14.7 Å². The van der Waals surface area contributed by atoms with Crippen molar-refractivity contribution < 1.29 is 0 Å². The zero-order chi connectivity index (χ0) is 51.3. The summed E-state index contributed by atoms with van der Waals surface area (Å²) in [4.78, 5) is 7.73. The number of para-hydroxylation sites is 3. The van der Waals surface area contributed by atoms with Crippen LogP contribution in [0, 0.1) is 0 Å². The van der Waals surface area contributed by atoms with Crippen molar-refractivity contribution in [2.24, 2.45) is 0 Å². The van der Waals surface area contributed by atoms with Crippen molar-refractivity contribution in [3.05, 3.63) is 291 Å². The van der Waals surface area contributed by atoms with Crippen molar-refractivity contribution in [1.29, 1.82) is 0 Å². The van der Waals surface area contributed by atoms with E-state index in [1.807, 2.05) is 11.3 Å². The molecule has 0 bridgehead atoms. The van der Waals surface area contributed by atoms with E-state index in [9.17, 15) is 0 Å². The van der Waals surface area contributed by atoms with Crippen molar-refractivity contribution in [3.63, 3.8) is 0 Å². The number of nitrogens with zero attached hydrogens (tertiary/aromatic N) is 3. The lowest BCUT2D eigenvalue weighted by Crippen LogP contribution is -2.77. The molecule has 0 unspecified atom stereocenters. The van der Waals surface area contributed by atoms with Gasteiger partial charge in [0.25, 0.3) is 6.71 Å². The first-order valence-electron chi connectivity index (χ1n) is 26.9. The molecule has 16 rings (SSSR count). The van der Waals surface area contributed by atoms with E-state index in [0.29, 0.717) is 0 Å². The Labute approximate surface area is 459 Å². The third kappa shape index (κ3) is 6.70. The zero-order valence-corrected chi connectivity index (χ0v) is 44.4. The number of thiophene rings is 1. The molecule has 12 aromatic carbocycles. The number of rotatable bonds is 7. The monoisotopic (exact) mass is 1030 g/mol. The van der Waals surface area contributed by atoms with Gasteiger partial charge in [-0.2, -0.15) is 0 Å². The lowest BCUT2D eigenvalue weighted by molar-refractivity contribution is 1.23. The summed E-state index contributed by atoms with van der Waals surface area (Å²) in [5.41, 5.74) is 19.2. The van der Waals surface area contributed by atoms with Gasteiger partial charge in [-0.15, -0.1) is 11.3 Å². The summed E-state index contributed by atoms with van der Waals surface area (Å²) < 4.78 is 2.59. The molecule has 0 spiro atoms. The van der Waals surface area contributed by atoms with E-state index in [0.717, 1.165) is 17.1 Å². The summed E-state index contributed by atoms with van der Waals surface area (Å²) in [6.07, 6.45) is 0. The molecule has 3 aliphatic rings. The second kappa shape index (κ2) is 17.8. The van der Waals surface area contributed by atoms with Crippen LogP contribution >= 0.6 is 11.3 Å². The van der Waals surface area contributed by atoms with Crippen molar-refractivity contribution in [2.45, 2.75) is 0 Å². The molecule has 0 fully saturated rings. The molecule has 0 N–H and O–H groups in total. The summed E-state index contributed by atoms with van der Waals surface area (Å²) in [5, 5.41) is 8.02. The first-order chi connectivity index (χ1) is 38.7. The standard InChI is InChI=1S/C72H48BN3SSi/c1-7-23-49(24-8-1)51-39-41-63-70(43-51)78(56-31-15-5-16-32-56,57-33-17-6-18-34-57)71-44-52(50-25-9-2-10-26-50)40-42-64(71)76(63)55-45-66-72-67(46-55)75(54-29-13-4-14-30-54)65-48-69-59(58-35-19-22-38-68(58)77-69)47-61(65)73(72)60-36-20-21-37-62(60)74(66)53-27-11-3-12-28-53/h1-48H. The molecule has 0 atom stereocenters. The summed E-state index contributed by atoms with van der Waals surface area (Å²) >= 11 is 1.89. The number of fused-ring (bicyclic) bond motifs is 9. The molecule has 1 aromatic heterocycles. The Balaban J connectivity index is 1.05. The largest absolute Gasteiger partial charge is 0.311 e. The van der Waals surface area contributed by atoms with Gasteiger partial charge in [0.1, 0.15) is 0 Å². The second-order valence-electron chi connectivity index (χ2n) is 20.8. The van der Waals surface area contributed by atoms with Crippen LogP contribution in [0.2, 0.25) is 0 Å². The minimum atomic E-state index is -3.16. The Kier molecular flexibility index (Phi) is 10.2. The molecule has 364 valence electrons. The van der Waals surface area contributed by atoms with E-state index in [1.54, 1.807) is 0 Å². The first kappa shape index (κ1) is 44.8. The molecule has 6 heteroatoms. The highest BCUT2D eigenvalue weighted by molar-refractivity contribution is 7.26. The van der Waals surface area contributed by atoms with Crippen LogP contribution in [0.15, 0.2) is 291 Å². The zero-order valence-electron chi connectivity index (χ0n) is 42.5. The van der Waals surface area contributed by atoms with Crippen LogP contribution in [0.1, 0.15) is 0 Å². The maximum Gasteiger partial charge on any atom is 0.252 e. The molecule has 0 aliphatic carbocycles. The molecule has 4 heterocycles. The molecule has 0 saturated carbocycles. The van der Waals surface area contributed by atoms with Crippen molar-refractivity contribution in [3.8, 4) is 22.3 Å². The second-order valence-corrected chi connectivity index (χ2v) is 25.6. The first-order valence-corrected chi connectivity index (χ1v) is 29.8. The lowest BCUT2D eigenvalue weighted by atomic mass is 9.33. The predicted octanol–water partition coefficient (Wildman–Crippen LogP) is 14.6. The van der Waals surface area contributed by atoms with Crippen LogP contribution in [0.3, 0.4) is 0 Å². The number of benzene rings is 12. The van der Waals surface area contributed by atoms with E-state index in [4.69, 9.17) is 0 Å². The van der Waals surface area contributed by atoms with E-state index in [1.165, 1.54) is 114 Å². The molecular formula is C72H48BN3SSi. The summed E-state index contributed by atoms with van der Waals surface area (Å²) in [5.74, 6) is 0. The summed E-state index contributed by atoms with van der Waals surface area (Å²) in [7, 11) is -3.16. The van der Waals surface area contributed by atoms with Gasteiger partial charge in [-0.05, 0) is 132 Å². The van der Waals surface area contributed by atoms with Gasteiger partial charge in [0.05, 0.1) is 5.69 Å². The minimum absolute atomic E-state index is 0.0442. The minimum Gasteiger partial charge on any atom is -0.311 e. The summed E-state index contributed by atoms with van der Waals surface area (Å²) in [6.45, 7) is -0.0442. The third-order valence-electron chi connectivity index (χ3n) is 16.7. The topological polar surface area (TPSA) is 9.72 Å². The SMILES string of the molecule is c1ccc(-c2ccc3c(c2)[Si](c2ccccc2)(c2ccccc2)c2cc(-c4ccccc4)ccc2N3c2cc3c4c(c2)N(c2ccccc2)c2cc5sc6ccccc6c5cc2B4c2ccccc2N3c2ccccc2)cc1. The van der Waals surface area contributed by atoms with Crippen LogP contribution in [-0.4, -0.2) is 14.8 Å². The molecule has 0 saturated heterocycles. The Bertz CT molecular complexity index is 4330. The van der Waals surface area contributed by atoms with Crippen molar-refractivity contribution in [1.82, 2.24) is 0 Å². The third-order valence-corrected chi connectivity index (χ3v) is 22.6. The number of hydrogen-bond donors (Lipinski definition) is 0. The van der Waals surface area contributed by atoms with Crippen molar-refractivity contribution in [2.75, 3.05) is 14.7 Å². The van der Waals surface area contributed by atoms with E-state index >= 15 is 0 Å². The quantitative estimate of drug-likeness (QED) is 0.147. The van der Waals surface area contributed by atoms with Crippen LogP contribution in [0.5, 0.6) is 0 Å². The number of anilines is 9. The fourth-order valence-electron chi connectivity index (χ4n) is 13.4. The Morgan fingerprint density at radius 1 is 0.282 bits per heavy atom. The Morgan fingerprint density at radius 2 is 0.744 bits per heavy atom. The Hall–Kier alpha value is -9.46. The van der Waals surface area contributed by atoms with Gasteiger partial charge in [-0.25, -0.2) is 0 Å². The van der Waals surface area contributed by atoms with Crippen LogP contribution in [-0.2, 0) is 0 Å². The maximum atomic E-state index is 2.62. The van der Waals surface area contributed by atoms with E-state index < -0.39 is 8.07 Å². The fourth-order valence-corrected chi connectivity index (χ4v) is 19.7. The maximum absolute atomic E-state index is 3.16. The Morgan fingerprint density at radius 3 is 1.31 bits per heavy atom. The van der Waals surface area contributed by atoms with Gasteiger partial charge in [0.15, 0.2) is 8.07 Å². The summed E-state index contributed by atoms with van der Waals surface area (Å²) in [6, 6.07) is 110. The van der Waals surface area contributed by atoms with Gasteiger partial charge in [0, 0.05) is 60.3 Å². The normalized spacial score (nSPS) is 13.6. The average Bonchev–Trinajstić information content (AvgIpc) is 3.78. The van der Waals surface area contributed by atoms with Crippen molar-refractivity contribution >= 4 is 135 Å². The van der Waals surface area contributed by atoms with Gasteiger partial charge in [0.2, 0.25) is 0 Å². The van der Waals surface area contributed by atoms with Gasteiger partial charge in [-0.3, -0.25) is 0 Å². The average molecular weight is 1030 g/mol. The van der Waals surface area contributed by atoms with E-state index in [-0.39, 0.29) is 6.71 Å². The predicted molar refractivity (Wildman–Crippen MR) is 336 cm³/mol. The van der Waals surface area contributed by atoms with Crippen LogP contribution < -0.4 is 51.8 Å². The highest BCUT2D eigenvalue weighted by atomic mass is 32.1. The molecule has 3 nitrogen and oxygen atoms in total. The highest BCUT2D eigenvalue weighted by Gasteiger charge is 2.50. The highest BCUT2D eigenvalue weighted by Crippen LogP contribution is 2.50. The molecular weight excluding hydrogens is 978 g/mol. The molecule has 3 aliphatic heterocycles. The van der Waals surface area contributed by atoms with E-state index in [2.05, 4.69) is 306 Å². The molecule has 78 heavy (non-hydrogen) atoms. The molecule has 13 aromatic rings. The smallest absolute Gasteiger partial charge is 0.252 e.